The van der Waals surface area contributed by atoms with E-state index in [-0.39, 0.29) is 0 Å². The van der Waals surface area contributed by atoms with Crippen molar-refractivity contribution >= 4 is 11.9 Å². The highest BCUT2D eigenvalue weighted by atomic mass is 16.5. The summed E-state index contributed by atoms with van der Waals surface area (Å²) in [6, 6.07) is 8.13. The molecule has 0 saturated heterocycles. The fraction of sp³-hybridized carbons (Fsp3) is 0.471. The summed E-state index contributed by atoms with van der Waals surface area (Å²) in [7, 11) is 0. The average Bonchev–Trinajstić information content (AvgIpc) is 3.05. The summed E-state index contributed by atoms with van der Waals surface area (Å²) >= 11 is 0. The quantitative estimate of drug-likeness (QED) is 0.760. The van der Waals surface area contributed by atoms with Gasteiger partial charge in [-0.1, -0.05) is 12.1 Å². The summed E-state index contributed by atoms with van der Waals surface area (Å²) in [5.74, 6) is 1.26. The minimum absolute atomic E-state index is 0.311. The topological polar surface area (TPSA) is 26.3 Å². The Morgan fingerprint density at radius 2 is 1.74 bits per heavy atom. The number of carbonyl (C=O) groups excluding carboxylic acids is 1. The zero-order valence-electron chi connectivity index (χ0n) is 11.2. The molecule has 0 unspecified atom stereocenters. The molecule has 19 heavy (non-hydrogen) atoms. The number of allylic oxidation sites excluding steroid dienone is 1. The Hall–Kier alpha value is -1.57. The summed E-state index contributed by atoms with van der Waals surface area (Å²) in [5.41, 5.74) is 2.08. The van der Waals surface area contributed by atoms with Crippen molar-refractivity contribution in [1.82, 2.24) is 0 Å². The van der Waals surface area contributed by atoms with Crippen LogP contribution in [0.4, 0.5) is 0 Å². The lowest BCUT2D eigenvalue weighted by atomic mass is 10.1. The van der Waals surface area contributed by atoms with Gasteiger partial charge in [0.1, 0.15) is 5.75 Å². The molecule has 2 nitrogen and oxygen atoms in total. The third kappa shape index (κ3) is 3.06. The molecule has 0 aromatic heterocycles. The molecule has 3 rings (SSSR count). The molecule has 0 atom stereocenters. The Morgan fingerprint density at radius 3 is 2.37 bits per heavy atom. The van der Waals surface area contributed by atoms with Crippen LogP contribution < -0.4 is 4.74 Å². The van der Waals surface area contributed by atoms with Crippen molar-refractivity contribution < 1.29 is 9.53 Å². The van der Waals surface area contributed by atoms with Gasteiger partial charge < -0.3 is 4.74 Å². The highest BCUT2D eigenvalue weighted by Crippen LogP contribution is 2.26. The van der Waals surface area contributed by atoms with Gasteiger partial charge in [-0.3, -0.25) is 4.79 Å². The van der Waals surface area contributed by atoms with Gasteiger partial charge in [0.15, 0.2) is 5.78 Å². The molecular weight excluding hydrogens is 236 g/mol. The molecule has 1 aromatic rings. The first kappa shape index (κ1) is 12.5. The maximum Gasteiger partial charge on any atom is 0.158 e. The second-order valence-electron chi connectivity index (χ2n) is 5.54. The lowest BCUT2D eigenvalue weighted by molar-refractivity contribution is -0.114. The van der Waals surface area contributed by atoms with E-state index in [4.69, 9.17) is 4.74 Å². The zero-order chi connectivity index (χ0) is 13.1. The summed E-state index contributed by atoms with van der Waals surface area (Å²) in [6.07, 6.45) is 10.0. The van der Waals surface area contributed by atoms with Crippen LogP contribution in [0.5, 0.6) is 5.75 Å². The molecule has 0 spiro atoms. The second kappa shape index (κ2) is 5.60. The monoisotopic (exact) mass is 256 g/mol. The van der Waals surface area contributed by atoms with E-state index in [0.717, 1.165) is 29.7 Å². The van der Waals surface area contributed by atoms with Crippen LogP contribution in [0.15, 0.2) is 29.8 Å². The van der Waals surface area contributed by atoms with Gasteiger partial charge in [0.05, 0.1) is 6.10 Å². The Morgan fingerprint density at radius 1 is 1.00 bits per heavy atom. The number of hydrogen-bond donors (Lipinski definition) is 0. The van der Waals surface area contributed by atoms with E-state index >= 15 is 0 Å². The van der Waals surface area contributed by atoms with Crippen molar-refractivity contribution in [1.29, 1.82) is 0 Å². The molecule has 0 N–H and O–H groups in total. The van der Waals surface area contributed by atoms with E-state index in [0.29, 0.717) is 18.3 Å². The second-order valence-corrected chi connectivity index (χ2v) is 5.54. The third-order valence-electron chi connectivity index (χ3n) is 4.03. The predicted octanol–water partition coefficient (Wildman–Crippen LogP) is 4.14. The van der Waals surface area contributed by atoms with Crippen LogP contribution in [0.1, 0.15) is 50.5 Å². The molecule has 2 fully saturated rings. The van der Waals surface area contributed by atoms with Crippen molar-refractivity contribution in [3.63, 3.8) is 0 Å². The van der Waals surface area contributed by atoms with Gasteiger partial charge >= 0.3 is 0 Å². The molecule has 100 valence electrons. The van der Waals surface area contributed by atoms with Gasteiger partial charge in [-0.15, -0.1) is 0 Å². The number of ketones is 1. The number of rotatable bonds is 3. The smallest absolute Gasteiger partial charge is 0.158 e. The van der Waals surface area contributed by atoms with Crippen LogP contribution in [0.2, 0.25) is 0 Å². The molecular formula is C17H20O2. The molecule has 0 radical (unpaired) electrons. The average molecular weight is 256 g/mol. The first-order valence-electron chi connectivity index (χ1n) is 7.32. The first-order chi connectivity index (χ1) is 9.31. The normalized spacial score (nSPS) is 22.3. The third-order valence-corrected chi connectivity index (χ3v) is 4.03. The fourth-order valence-electron chi connectivity index (χ4n) is 2.93. The van der Waals surface area contributed by atoms with Gasteiger partial charge in [-0.2, -0.15) is 0 Å². The lowest BCUT2D eigenvalue weighted by Gasteiger charge is -2.12. The summed E-state index contributed by atoms with van der Waals surface area (Å²) in [4.78, 5) is 11.6. The standard InChI is InChI=1S/C17H20O2/c18-17-7-3-4-14(17)12-13-8-10-16(11-9-13)19-15-5-1-2-6-15/h8-12,15H,1-7H2/b14-12+. The zero-order valence-corrected chi connectivity index (χ0v) is 11.2. The molecule has 2 heteroatoms. The van der Waals surface area contributed by atoms with Crippen molar-refractivity contribution in [2.24, 2.45) is 0 Å². The van der Waals surface area contributed by atoms with E-state index < -0.39 is 0 Å². The molecule has 0 heterocycles. The van der Waals surface area contributed by atoms with E-state index in [1.54, 1.807) is 0 Å². The molecule has 0 bridgehead atoms. The van der Waals surface area contributed by atoms with Crippen LogP contribution in [0, 0.1) is 0 Å². The first-order valence-corrected chi connectivity index (χ1v) is 7.32. The van der Waals surface area contributed by atoms with Gasteiger partial charge in [0, 0.05) is 6.42 Å². The fourth-order valence-corrected chi connectivity index (χ4v) is 2.93. The van der Waals surface area contributed by atoms with Gasteiger partial charge in [0.25, 0.3) is 0 Å². The molecule has 2 aliphatic carbocycles. The Labute approximate surface area is 114 Å². The summed E-state index contributed by atoms with van der Waals surface area (Å²) in [5, 5.41) is 0. The van der Waals surface area contributed by atoms with Gasteiger partial charge in [0.2, 0.25) is 0 Å². The van der Waals surface area contributed by atoms with Crippen LogP contribution in [0.3, 0.4) is 0 Å². The van der Waals surface area contributed by atoms with Crippen LogP contribution >= 0.6 is 0 Å². The number of hydrogen-bond acceptors (Lipinski definition) is 2. The molecule has 0 amide bonds. The van der Waals surface area contributed by atoms with Crippen molar-refractivity contribution in [2.45, 2.75) is 51.0 Å². The summed E-state index contributed by atoms with van der Waals surface area (Å²) in [6.45, 7) is 0. The molecule has 0 aliphatic heterocycles. The number of carbonyl (C=O) groups is 1. The number of benzene rings is 1. The minimum Gasteiger partial charge on any atom is -0.490 e. The number of Topliss-reactive ketones (excluding diaryl/α,β-unsaturated/α-hetero) is 1. The maximum absolute atomic E-state index is 11.6. The minimum atomic E-state index is 0.311. The number of ether oxygens (including phenoxy) is 1. The van der Waals surface area contributed by atoms with Crippen LogP contribution in [-0.2, 0) is 4.79 Å². The largest absolute Gasteiger partial charge is 0.490 e. The van der Waals surface area contributed by atoms with E-state index in [1.165, 1.54) is 25.7 Å². The van der Waals surface area contributed by atoms with Crippen molar-refractivity contribution in [2.75, 3.05) is 0 Å². The summed E-state index contributed by atoms with van der Waals surface area (Å²) < 4.78 is 5.93. The van der Waals surface area contributed by atoms with Crippen LogP contribution in [0.25, 0.3) is 6.08 Å². The van der Waals surface area contributed by atoms with Crippen LogP contribution in [-0.4, -0.2) is 11.9 Å². The Kier molecular flexibility index (Phi) is 3.67. The molecule has 2 saturated carbocycles. The molecule has 2 aliphatic rings. The predicted molar refractivity (Wildman–Crippen MR) is 76.2 cm³/mol. The highest BCUT2D eigenvalue weighted by Gasteiger charge is 2.17. The van der Waals surface area contributed by atoms with E-state index in [2.05, 4.69) is 0 Å². The lowest BCUT2D eigenvalue weighted by Crippen LogP contribution is -2.10. The molecule has 1 aromatic carbocycles. The van der Waals surface area contributed by atoms with Gasteiger partial charge in [-0.25, -0.2) is 0 Å². The maximum atomic E-state index is 11.6. The highest BCUT2D eigenvalue weighted by molar-refractivity contribution is 6.01. The van der Waals surface area contributed by atoms with Crippen molar-refractivity contribution in [3.05, 3.63) is 35.4 Å². The van der Waals surface area contributed by atoms with E-state index in [1.807, 2.05) is 30.3 Å². The Bertz CT molecular complexity index is 478. The van der Waals surface area contributed by atoms with E-state index in [9.17, 15) is 4.79 Å². The SMILES string of the molecule is O=C1CCC/C1=C\c1ccc(OC2CCCC2)cc1. The van der Waals surface area contributed by atoms with Crippen molar-refractivity contribution in [3.8, 4) is 5.75 Å². The Balaban J connectivity index is 1.66. The van der Waals surface area contributed by atoms with Gasteiger partial charge in [-0.05, 0) is 67.9 Å².